The molecule has 2 heterocycles. The minimum absolute atomic E-state index is 0.196. The molecule has 1 N–H and O–H groups in total. The van der Waals surface area contributed by atoms with Crippen LogP contribution >= 0.6 is 23.1 Å². The lowest BCUT2D eigenvalue weighted by molar-refractivity contribution is -0.116. The van der Waals surface area contributed by atoms with Crippen molar-refractivity contribution < 1.29 is 4.79 Å². The van der Waals surface area contributed by atoms with Gasteiger partial charge in [0.15, 0.2) is 5.82 Å². The lowest BCUT2D eigenvalue weighted by Gasteiger charge is -1.91. The van der Waals surface area contributed by atoms with Gasteiger partial charge in [-0.25, -0.2) is 4.98 Å². The molecule has 0 bridgehead atoms. The molecule has 0 aliphatic carbocycles. The van der Waals surface area contributed by atoms with E-state index in [4.69, 9.17) is 0 Å². The fourth-order valence-electron chi connectivity index (χ4n) is 1.12. The van der Waals surface area contributed by atoms with Crippen LogP contribution < -0.4 is 0 Å². The highest BCUT2D eigenvalue weighted by Crippen LogP contribution is 2.23. The van der Waals surface area contributed by atoms with Gasteiger partial charge in [-0.15, -0.1) is 16.4 Å². The molecule has 0 aromatic carbocycles. The van der Waals surface area contributed by atoms with Gasteiger partial charge in [0.25, 0.3) is 0 Å². The van der Waals surface area contributed by atoms with Gasteiger partial charge in [-0.05, 0) is 18.4 Å². The Morgan fingerprint density at radius 1 is 1.62 bits per heavy atom. The Balaban J connectivity index is 1.95. The highest BCUT2D eigenvalue weighted by atomic mass is 32.2. The first-order valence-electron chi connectivity index (χ1n) is 4.84. The number of nitrogens with one attached hydrogen (secondary N) is 1. The highest BCUT2D eigenvalue weighted by molar-refractivity contribution is 7.99. The molecule has 0 saturated heterocycles. The van der Waals surface area contributed by atoms with E-state index >= 15 is 0 Å². The van der Waals surface area contributed by atoms with Gasteiger partial charge >= 0.3 is 0 Å². The normalized spacial score (nSPS) is 10.6. The molecule has 84 valence electrons. The van der Waals surface area contributed by atoms with Crippen molar-refractivity contribution >= 4 is 28.9 Å². The summed E-state index contributed by atoms with van der Waals surface area (Å²) < 4.78 is 0. The topological polar surface area (TPSA) is 58.6 Å². The van der Waals surface area contributed by atoms with Crippen LogP contribution in [0.3, 0.4) is 0 Å². The molecule has 0 atom stereocenters. The first-order chi connectivity index (χ1) is 7.75. The molecule has 2 aromatic rings. The average molecular weight is 253 g/mol. The third kappa shape index (κ3) is 2.93. The van der Waals surface area contributed by atoms with Crippen LogP contribution in [-0.4, -0.2) is 26.7 Å². The second-order valence-electron chi connectivity index (χ2n) is 3.24. The minimum atomic E-state index is 0.196. The van der Waals surface area contributed by atoms with E-state index in [0.29, 0.717) is 11.6 Å². The van der Waals surface area contributed by atoms with Crippen molar-refractivity contribution in [2.24, 2.45) is 0 Å². The molecule has 0 spiro atoms. The molecule has 4 nitrogen and oxygen atoms in total. The van der Waals surface area contributed by atoms with Crippen molar-refractivity contribution in [3.63, 3.8) is 0 Å². The van der Waals surface area contributed by atoms with Gasteiger partial charge in [0.05, 0.1) is 4.88 Å². The molecular weight excluding hydrogens is 242 g/mol. The van der Waals surface area contributed by atoms with Crippen molar-refractivity contribution in [3.05, 3.63) is 17.5 Å². The molecule has 0 fully saturated rings. The molecule has 0 saturated carbocycles. The zero-order chi connectivity index (χ0) is 11.4. The Labute approximate surface area is 101 Å². The number of rotatable bonds is 5. The first-order valence-corrected chi connectivity index (χ1v) is 6.71. The summed E-state index contributed by atoms with van der Waals surface area (Å²) in [6.45, 7) is 1.59. The zero-order valence-corrected chi connectivity index (χ0v) is 10.4. The molecule has 2 rings (SSSR count). The number of hydrogen-bond donors (Lipinski definition) is 1. The average Bonchev–Trinajstić information content (AvgIpc) is 2.85. The fourth-order valence-corrected chi connectivity index (χ4v) is 2.62. The van der Waals surface area contributed by atoms with Crippen LogP contribution in [0.2, 0.25) is 0 Å². The minimum Gasteiger partial charge on any atom is -0.300 e. The summed E-state index contributed by atoms with van der Waals surface area (Å²) in [6, 6.07) is 3.97. The van der Waals surface area contributed by atoms with Crippen LogP contribution in [-0.2, 0) is 4.79 Å². The van der Waals surface area contributed by atoms with Gasteiger partial charge in [0, 0.05) is 12.2 Å². The van der Waals surface area contributed by atoms with Crippen molar-refractivity contribution in [1.82, 2.24) is 15.2 Å². The maximum atomic E-state index is 10.8. The molecule has 0 radical (unpaired) electrons. The number of aromatic amines is 1. The molecule has 2 aromatic heterocycles. The smallest absolute Gasteiger partial charge is 0.208 e. The molecular formula is C10H11N3OS2. The largest absolute Gasteiger partial charge is 0.300 e. The van der Waals surface area contributed by atoms with Crippen molar-refractivity contribution in [1.29, 1.82) is 0 Å². The second kappa shape index (κ2) is 5.27. The summed E-state index contributed by atoms with van der Waals surface area (Å²) in [4.78, 5) is 16.2. The standard InChI is InChI=1S/C10H11N3OS2/c1-7(14)4-6-16-10-11-9(12-13-10)8-3-2-5-15-8/h2-3,5H,4,6H2,1H3,(H,11,12,13). The number of aromatic nitrogens is 3. The van der Waals surface area contributed by atoms with E-state index in [1.54, 1.807) is 18.3 Å². The Hall–Kier alpha value is -1.14. The van der Waals surface area contributed by atoms with Gasteiger partial charge in [-0.1, -0.05) is 17.8 Å². The van der Waals surface area contributed by atoms with E-state index < -0.39 is 0 Å². The number of H-pyrrole nitrogens is 1. The van der Waals surface area contributed by atoms with E-state index in [9.17, 15) is 4.79 Å². The molecule has 0 amide bonds. The third-order valence-electron chi connectivity index (χ3n) is 1.90. The molecule has 0 unspecified atom stereocenters. The predicted molar refractivity (Wildman–Crippen MR) is 65.7 cm³/mol. The maximum absolute atomic E-state index is 10.8. The van der Waals surface area contributed by atoms with E-state index in [1.165, 1.54) is 11.8 Å². The Kier molecular flexibility index (Phi) is 3.74. The number of thiophene rings is 1. The maximum Gasteiger partial charge on any atom is 0.208 e. The van der Waals surface area contributed by atoms with Crippen molar-refractivity contribution in [2.45, 2.75) is 18.5 Å². The third-order valence-corrected chi connectivity index (χ3v) is 3.63. The molecule has 6 heteroatoms. The van der Waals surface area contributed by atoms with Gasteiger partial charge in [0.2, 0.25) is 5.16 Å². The Morgan fingerprint density at radius 2 is 2.50 bits per heavy atom. The van der Waals surface area contributed by atoms with Crippen LogP contribution in [0.25, 0.3) is 10.7 Å². The summed E-state index contributed by atoms with van der Waals surface area (Å²) in [5, 5.41) is 9.68. The van der Waals surface area contributed by atoms with E-state index in [2.05, 4.69) is 15.2 Å². The van der Waals surface area contributed by atoms with Gasteiger partial charge in [-0.2, -0.15) is 0 Å². The lowest BCUT2D eigenvalue weighted by Crippen LogP contribution is -1.91. The van der Waals surface area contributed by atoms with Crippen LogP contribution in [0.4, 0.5) is 0 Å². The number of ketones is 1. The summed E-state index contributed by atoms with van der Waals surface area (Å²) in [5.74, 6) is 1.72. The highest BCUT2D eigenvalue weighted by Gasteiger charge is 2.06. The molecule has 0 aliphatic heterocycles. The summed E-state index contributed by atoms with van der Waals surface area (Å²) in [5.41, 5.74) is 0. The van der Waals surface area contributed by atoms with Crippen LogP contribution in [0.1, 0.15) is 13.3 Å². The monoisotopic (exact) mass is 253 g/mol. The lowest BCUT2D eigenvalue weighted by atomic mass is 10.4. The van der Waals surface area contributed by atoms with Gasteiger partial charge in [0.1, 0.15) is 5.78 Å². The van der Waals surface area contributed by atoms with E-state index in [0.717, 1.165) is 16.5 Å². The zero-order valence-electron chi connectivity index (χ0n) is 8.77. The number of hydrogen-bond acceptors (Lipinski definition) is 5. The quantitative estimate of drug-likeness (QED) is 0.832. The van der Waals surface area contributed by atoms with E-state index in [1.807, 2.05) is 17.5 Å². The number of carbonyl (C=O) groups is 1. The summed E-state index contributed by atoms with van der Waals surface area (Å²) >= 11 is 3.12. The van der Waals surface area contributed by atoms with Crippen molar-refractivity contribution in [2.75, 3.05) is 5.75 Å². The number of nitrogens with zero attached hydrogens (tertiary/aromatic N) is 2. The van der Waals surface area contributed by atoms with Crippen LogP contribution in [0, 0.1) is 0 Å². The van der Waals surface area contributed by atoms with Crippen molar-refractivity contribution in [3.8, 4) is 10.7 Å². The summed E-state index contributed by atoms with van der Waals surface area (Å²) in [7, 11) is 0. The molecule has 16 heavy (non-hydrogen) atoms. The number of Topliss-reactive ketones (excluding diaryl/α,β-unsaturated/α-hetero) is 1. The summed E-state index contributed by atoms with van der Waals surface area (Å²) in [6.07, 6.45) is 0.563. The Bertz CT molecular complexity index is 464. The number of carbonyl (C=O) groups excluding carboxylic acids is 1. The first kappa shape index (κ1) is 11.3. The van der Waals surface area contributed by atoms with Gasteiger partial charge < -0.3 is 0 Å². The van der Waals surface area contributed by atoms with Gasteiger partial charge in [-0.3, -0.25) is 9.89 Å². The second-order valence-corrected chi connectivity index (χ2v) is 5.25. The van der Waals surface area contributed by atoms with Crippen LogP contribution in [0.5, 0.6) is 0 Å². The molecule has 0 aliphatic rings. The van der Waals surface area contributed by atoms with E-state index in [-0.39, 0.29) is 5.78 Å². The number of thioether (sulfide) groups is 1. The van der Waals surface area contributed by atoms with Crippen LogP contribution in [0.15, 0.2) is 22.7 Å². The Morgan fingerprint density at radius 3 is 3.19 bits per heavy atom. The predicted octanol–water partition coefficient (Wildman–Crippen LogP) is 2.60. The fraction of sp³-hybridized carbons (Fsp3) is 0.300. The SMILES string of the molecule is CC(=O)CCSc1n[nH]c(-c2cccs2)n1.